The van der Waals surface area contributed by atoms with E-state index in [1.54, 1.807) is 15.6 Å². The molecule has 0 bridgehead atoms. The lowest BCUT2D eigenvalue weighted by atomic mass is 9.78. The largest absolute Gasteiger partial charge is 0.368 e. The minimum atomic E-state index is 0.415. The monoisotopic (exact) mass is 319 g/mol. The fourth-order valence-corrected chi connectivity index (χ4v) is 4.46. The Balaban J connectivity index is 1.34. The molecule has 5 rings (SSSR count). The Morgan fingerprint density at radius 2 is 2.12 bits per heavy atom. The highest BCUT2D eigenvalue weighted by atomic mass is 15.4. The van der Waals surface area contributed by atoms with Crippen molar-refractivity contribution in [2.45, 2.75) is 38.0 Å². The van der Waals surface area contributed by atoms with E-state index in [0.717, 1.165) is 23.8 Å². The Kier molecular flexibility index (Phi) is 2.93. The summed E-state index contributed by atoms with van der Waals surface area (Å²) in [4.78, 5) is 0. The summed E-state index contributed by atoms with van der Waals surface area (Å²) < 4.78 is 1.79. The molecular formula is C19H21N5. The van der Waals surface area contributed by atoms with Crippen molar-refractivity contribution in [3.63, 3.8) is 0 Å². The second-order valence-corrected chi connectivity index (χ2v) is 7.18. The number of aryl methyl sites for hydroxylation is 2. The van der Waals surface area contributed by atoms with Gasteiger partial charge in [0.2, 0.25) is 0 Å². The maximum absolute atomic E-state index is 4.59. The van der Waals surface area contributed by atoms with Crippen LogP contribution in [0, 0.1) is 12.8 Å². The van der Waals surface area contributed by atoms with Crippen molar-refractivity contribution in [1.82, 2.24) is 19.8 Å². The molecule has 2 aliphatic carbocycles. The number of fused-ring (bicyclic) bond motifs is 3. The second kappa shape index (κ2) is 5.03. The first-order valence-electron chi connectivity index (χ1n) is 8.78. The highest BCUT2D eigenvalue weighted by Gasteiger charge is 2.55. The quantitative estimate of drug-likeness (QED) is 0.806. The second-order valence-electron chi connectivity index (χ2n) is 7.18. The first kappa shape index (κ1) is 14.0. The van der Waals surface area contributed by atoms with Gasteiger partial charge in [-0.25, -0.2) is 0 Å². The van der Waals surface area contributed by atoms with Crippen LogP contribution in [0.15, 0.2) is 36.4 Å². The lowest BCUT2D eigenvalue weighted by Gasteiger charge is -2.26. The number of hydrogen-bond acceptors (Lipinski definition) is 4. The van der Waals surface area contributed by atoms with Crippen LogP contribution in [0.25, 0.3) is 5.65 Å². The molecule has 1 N–H and O–H groups in total. The molecule has 1 saturated carbocycles. The zero-order chi connectivity index (χ0) is 16.1. The summed E-state index contributed by atoms with van der Waals surface area (Å²) in [6.45, 7) is 2.90. The van der Waals surface area contributed by atoms with E-state index in [1.165, 1.54) is 25.7 Å². The third-order valence-electron chi connectivity index (χ3n) is 5.80. The van der Waals surface area contributed by atoms with Crippen molar-refractivity contribution < 1.29 is 0 Å². The molecule has 24 heavy (non-hydrogen) atoms. The molecular weight excluding hydrogens is 298 g/mol. The maximum atomic E-state index is 4.59. The molecule has 1 spiro atoms. The summed E-state index contributed by atoms with van der Waals surface area (Å²) in [5.41, 5.74) is 4.37. The van der Waals surface area contributed by atoms with Gasteiger partial charge >= 0.3 is 0 Å². The lowest BCUT2D eigenvalue weighted by molar-refractivity contribution is 0.503. The highest BCUT2D eigenvalue weighted by molar-refractivity contribution is 5.46. The van der Waals surface area contributed by atoms with Crippen LogP contribution in [0.3, 0.4) is 0 Å². The summed E-state index contributed by atoms with van der Waals surface area (Å²) in [6, 6.07) is 13.0. The third-order valence-corrected chi connectivity index (χ3v) is 5.80. The molecule has 2 aromatic heterocycles. The van der Waals surface area contributed by atoms with Crippen LogP contribution in [0.5, 0.6) is 0 Å². The molecule has 0 amide bonds. The summed E-state index contributed by atoms with van der Waals surface area (Å²) in [7, 11) is 0. The smallest absolute Gasteiger partial charge is 0.178 e. The molecule has 0 unspecified atom stereocenters. The zero-order valence-electron chi connectivity index (χ0n) is 13.9. The number of nitrogens with zero attached hydrogens (tertiary/aromatic N) is 4. The van der Waals surface area contributed by atoms with E-state index in [4.69, 9.17) is 0 Å². The Morgan fingerprint density at radius 3 is 3.08 bits per heavy atom. The number of hydrogen-bond donors (Lipinski definition) is 1. The fraction of sp³-hybridized carbons (Fsp3) is 0.421. The molecule has 2 aliphatic rings. The van der Waals surface area contributed by atoms with Gasteiger partial charge in [-0.3, -0.25) is 0 Å². The van der Waals surface area contributed by atoms with Crippen LogP contribution in [-0.2, 0) is 11.8 Å². The Hall–Kier alpha value is -2.43. The topological polar surface area (TPSA) is 55.1 Å². The van der Waals surface area contributed by atoms with Gasteiger partial charge in [0.1, 0.15) is 5.82 Å². The molecule has 2 heterocycles. The van der Waals surface area contributed by atoms with Gasteiger partial charge in [-0.2, -0.15) is 4.52 Å². The van der Waals surface area contributed by atoms with E-state index in [9.17, 15) is 0 Å². The van der Waals surface area contributed by atoms with Gasteiger partial charge in [0, 0.05) is 12.0 Å². The van der Waals surface area contributed by atoms with Crippen LogP contribution < -0.4 is 5.32 Å². The van der Waals surface area contributed by atoms with Gasteiger partial charge in [-0.1, -0.05) is 24.3 Å². The number of benzene rings is 1. The highest BCUT2D eigenvalue weighted by Crippen LogP contribution is 2.60. The molecule has 0 saturated heterocycles. The molecule has 3 aromatic rings. The minimum Gasteiger partial charge on any atom is -0.368 e. The van der Waals surface area contributed by atoms with Crippen molar-refractivity contribution in [1.29, 1.82) is 0 Å². The first-order valence-corrected chi connectivity index (χ1v) is 8.78. The van der Waals surface area contributed by atoms with E-state index < -0.39 is 0 Å². The number of rotatable bonds is 3. The zero-order valence-corrected chi connectivity index (χ0v) is 13.9. The number of aromatic nitrogens is 4. The number of nitrogens with one attached hydrogen (secondary N) is 1. The van der Waals surface area contributed by atoms with Crippen LogP contribution >= 0.6 is 0 Å². The van der Waals surface area contributed by atoms with Crippen molar-refractivity contribution >= 4 is 11.5 Å². The maximum Gasteiger partial charge on any atom is 0.178 e. The standard InChI is InChI=1S/C19H21N5/c1-13-21-22-18-9-8-17(23-24(13)18)20-12-15-11-19(15)10-4-6-14-5-2-3-7-16(14)19/h2-3,5,7-9,15H,4,6,10-12H2,1H3,(H,20,23)/t15-,19+/m0/s1. The minimum absolute atomic E-state index is 0.415. The Bertz CT molecular complexity index is 915. The Labute approximate surface area is 141 Å². The fourth-order valence-electron chi connectivity index (χ4n) is 4.46. The molecule has 1 aromatic carbocycles. The van der Waals surface area contributed by atoms with Gasteiger partial charge < -0.3 is 5.32 Å². The van der Waals surface area contributed by atoms with Crippen LogP contribution in [-0.4, -0.2) is 26.4 Å². The van der Waals surface area contributed by atoms with Crippen molar-refractivity contribution in [3.05, 3.63) is 53.3 Å². The molecule has 5 nitrogen and oxygen atoms in total. The predicted octanol–water partition coefficient (Wildman–Crippen LogP) is 3.14. The molecule has 0 aliphatic heterocycles. The van der Waals surface area contributed by atoms with E-state index in [-0.39, 0.29) is 0 Å². The molecule has 2 atom stereocenters. The Morgan fingerprint density at radius 1 is 1.21 bits per heavy atom. The van der Waals surface area contributed by atoms with Crippen molar-refractivity contribution in [2.75, 3.05) is 11.9 Å². The summed E-state index contributed by atoms with van der Waals surface area (Å²) >= 11 is 0. The van der Waals surface area contributed by atoms with Crippen molar-refractivity contribution in [2.24, 2.45) is 5.92 Å². The first-order chi connectivity index (χ1) is 11.8. The van der Waals surface area contributed by atoms with Crippen molar-refractivity contribution in [3.8, 4) is 0 Å². The van der Waals surface area contributed by atoms with E-state index >= 15 is 0 Å². The third kappa shape index (κ3) is 2.04. The average Bonchev–Trinajstić information content (AvgIpc) is 3.18. The molecule has 5 heteroatoms. The summed E-state index contributed by atoms with van der Waals surface area (Å²) in [5, 5.41) is 16.3. The average molecular weight is 319 g/mol. The van der Waals surface area contributed by atoms with Crippen LogP contribution in [0.1, 0.15) is 36.2 Å². The normalized spacial score (nSPS) is 25.0. The van der Waals surface area contributed by atoms with Gasteiger partial charge in [0.05, 0.1) is 0 Å². The lowest BCUT2D eigenvalue weighted by Crippen LogP contribution is -2.21. The number of anilines is 1. The van der Waals surface area contributed by atoms with Gasteiger partial charge in [-0.05, 0) is 61.8 Å². The van der Waals surface area contributed by atoms with Gasteiger partial charge in [-0.15, -0.1) is 15.3 Å². The molecule has 1 fully saturated rings. The molecule has 122 valence electrons. The SMILES string of the molecule is Cc1nnc2ccc(NC[C@@H]3C[C@]34CCCc3ccccc34)nn12. The molecule has 0 radical (unpaired) electrons. The van der Waals surface area contributed by atoms with E-state index in [0.29, 0.717) is 11.3 Å². The summed E-state index contributed by atoms with van der Waals surface area (Å²) in [5.74, 6) is 2.42. The predicted molar refractivity (Wildman–Crippen MR) is 93.2 cm³/mol. The van der Waals surface area contributed by atoms with Crippen LogP contribution in [0.4, 0.5) is 5.82 Å². The van der Waals surface area contributed by atoms with Gasteiger partial charge in [0.25, 0.3) is 0 Å². The van der Waals surface area contributed by atoms with E-state index in [2.05, 4.69) is 44.9 Å². The van der Waals surface area contributed by atoms with Gasteiger partial charge in [0.15, 0.2) is 11.5 Å². The van der Waals surface area contributed by atoms with Crippen LogP contribution in [0.2, 0.25) is 0 Å². The van der Waals surface area contributed by atoms with E-state index in [1.807, 2.05) is 19.1 Å². The summed E-state index contributed by atoms with van der Waals surface area (Å²) in [6.07, 6.45) is 5.18.